The molecule has 1 aromatic rings. The lowest BCUT2D eigenvalue weighted by Gasteiger charge is -2.21. The number of benzene rings is 1. The van der Waals surface area contributed by atoms with Gasteiger partial charge in [0.25, 0.3) is 0 Å². The van der Waals surface area contributed by atoms with Crippen molar-refractivity contribution >= 4 is 16.0 Å². The average Bonchev–Trinajstić information content (AvgIpc) is 2.38. The van der Waals surface area contributed by atoms with E-state index in [-0.39, 0.29) is 30.2 Å². The van der Waals surface area contributed by atoms with Gasteiger partial charge in [-0.1, -0.05) is 6.92 Å². The zero-order valence-corrected chi connectivity index (χ0v) is 12.6. The summed E-state index contributed by atoms with van der Waals surface area (Å²) in [5, 5.41) is 18.0. The van der Waals surface area contributed by atoms with Crippen LogP contribution in [0, 0.1) is 13.8 Å². The van der Waals surface area contributed by atoms with E-state index in [1.165, 1.54) is 12.1 Å². The molecular weight excluding hydrogens is 282 g/mol. The number of rotatable bonds is 6. The lowest BCUT2D eigenvalue weighted by molar-refractivity contribution is 0.0696. The Bertz CT molecular complexity index is 609. The van der Waals surface area contributed by atoms with Crippen molar-refractivity contribution in [2.75, 3.05) is 19.7 Å². The van der Waals surface area contributed by atoms with E-state index in [1.807, 2.05) is 0 Å². The quantitative estimate of drug-likeness (QED) is 0.817. The topological polar surface area (TPSA) is 94.9 Å². The minimum Gasteiger partial charge on any atom is -0.478 e. The van der Waals surface area contributed by atoms with Gasteiger partial charge in [0, 0.05) is 13.1 Å². The molecule has 0 bridgehead atoms. The molecule has 20 heavy (non-hydrogen) atoms. The Hall–Kier alpha value is -1.44. The number of aromatic carboxylic acids is 1. The summed E-state index contributed by atoms with van der Waals surface area (Å²) >= 11 is 0. The number of hydrogen-bond acceptors (Lipinski definition) is 4. The second kappa shape index (κ2) is 6.34. The minimum absolute atomic E-state index is 0.0192. The molecule has 0 aliphatic rings. The standard InChI is InChI=1S/C13H19NO5S/c1-4-14(5-6-15)20(18,19)12-8-11(13(16)17)7-9(2)10(12)3/h7-8,15H,4-6H2,1-3H3,(H,16,17). The summed E-state index contributed by atoms with van der Waals surface area (Å²) in [5.41, 5.74) is 1.06. The van der Waals surface area contributed by atoms with Gasteiger partial charge in [0.15, 0.2) is 0 Å². The third-order valence-electron chi connectivity index (χ3n) is 3.19. The van der Waals surface area contributed by atoms with E-state index in [2.05, 4.69) is 0 Å². The fourth-order valence-electron chi connectivity index (χ4n) is 1.92. The molecule has 1 aromatic carbocycles. The number of aliphatic hydroxyl groups is 1. The van der Waals surface area contributed by atoms with Crippen molar-refractivity contribution in [3.8, 4) is 0 Å². The second-order valence-electron chi connectivity index (χ2n) is 4.44. The number of sulfonamides is 1. The predicted molar refractivity (Wildman–Crippen MR) is 74.4 cm³/mol. The molecule has 0 atom stereocenters. The number of nitrogens with zero attached hydrogens (tertiary/aromatic N) is 1. The zero-order chi connectivity index (χ0) is 15.5. The van der Waals surface area contributed by atoms with Crippen molar-refractivity contribution in [3.05, 3.63) is 28.8 Å². The maximum atomic E-state index is 12.5. The molecule has 112 valence electrons. The molecule has 0 heterocycles. The van der Waals surface area contributed by atoms with Gasteiger partial charge in [-0.25, -0.2) is 13.2 Å². The van der Waals surface area contributed by atoms with Gasteiger partial charge in [-0.2, -0.15) is 4.31 Å². The van der Waals surface area contributed by atoms with Gasteiger partial charge in [-0.15, -0.1) is 0 Å². The fraction of sp³-hybridized carbons (Fsp3) is 0.462. The number of aryl methyl sites for hydroxylation is 1. The fourth-order valence-corrected chi connectivity index (χ4v) is 3.68. The van der Waals surface area contributed by atoms with Crippen LogP contribution in [0.15, 0.2) is 17.0 Å². The molecule has 0 aliphatic heterocycles. The molecule has 0 amide bonds. The SMILES string of the molecule is CCN(CCO)S(=O)(=O)c1cc(C(=O)O)cc(C)c1C. The Kier molecular flexibility index (Phi) is 5.27. The van der Waals surface area contributed by atoms with Crippen LogP contribution in [0.4, 0.5) is 0 Å². The predicted octanol–water partition coefficient (Wildman–Crippen LogP) is 1.00. The van der Waals surface area contributed by atoms with Gasteiger partial charge in [-0.05, 0) is 37.1 Å². The summed E-state index contributed by atoms with van der Waals surface area (Å²) in [6.07, 6.45) is 0. The number of carbonyl (C=O) groups is 1. The van der Waals surface area contributed by atoms with Gasteiger partial charge in [-0.3, -0.25) is 0 Å². The van der Waals surface area contributed by atoms with Gasteiger partial charge in [0.1, 0.15) is 0 Å². The van der Waals surface area contributed by atoms with Crippen LogP contribution in [0.25, 0.3) is 0 Å². The number of hydrogen-bond donors (Lipinski definition) is 2. The van der Waals surface area contributed by atoms with Gasteiger partial charge in [0.2, 0.25) is 10.0 Å². The molecule has 0 radical (unpaired) electrons. The van der Waals surface area contributed by atoms with Crippen molar-refractivity contribution in [2.45, 2.75) is 25.7 Å². The Labute approximate surface area is 118 Å². The second-order valence-corrected chi connectivity index (χ2v) is 6.35. The molecule has 0 unspecified atom stereocenters. The van der Waals surface area contributed by atoms with E-state index < -0.39 is 16.0 Å². The molecule has 2 N–H and O–H groups in total. The third-order valence-corrected chi connectivity index (χ3v) is 5.29. The van der Waals surface area contributed by atoms with Crippen molar-refractivity contribution < 1.29 is 23.4 Å². The van der Waals surface area contributed by atoms with Crippen LogP contribution < -0.4 is 0 Å². The molecule has 1 rings (SSSR count). The van der Waals surface area contributed by atoms with E-state index in [1.54, 1.807) is 20.8 Å². The third kappa shape index (κ3) is 3.17. The maximum absolute atomic E-state index is 12.5. The van der Waals surface area contributed by atoms with Gasteiger partial charge >= 0.3 is 5.97 Å². The van der Waals surface area contributed by atoms with Crippen LogP contribution in [0.5, 0.6) is 0 Å². The molecular formula is C13H19NO5S. The van der Waals surface area contributed by atoms with Crippen molar-refractivity contribution in [3.63, 3.8) is 0 Å². The van der Waals surface area contributed by atoms with Crippen molar-refractivity contribution in [1.82, 2.24) is 4.31 Å². The highest BCUT2D eigenvalue weighted by atomic mass is 32.2. The smallest absolute Gasteiger partial charge is 0.335 e. The van der Waals surface area contributed by atoms with Crippen LogP contribution in [0.1, 0.15) is 28.4 Å². The molecule has 6 nitrogen and oxygen atoms in total. The summed E-state index contributed by atoms with van der Waals surface area (Å²) in [6.45, 7) is 4.87. The van der Waals surface area contributed by atoms with Gasteiger partial charge in [0.05, 0.1) is 17.1 Å². The normalized spacial score (nSPS) is 11.8. The van der Waals surface area contributed by atoms with Crippen LogP contribution >= 0.6 is 0 Å². The average molecular weight is 301 g/mol. The molecule has 0 saturated carbocycles. The largest absolute Gasteiger partial charge is 0.478 e. The monoisotopic (exact) mass is 301 g/mol. The lowest BCUT2D eigenvalue weighted by atomic mass is 10.1. The minimum atomic E-state index is -3.81. The Balaban J connectivity index is 3.48. The van der Waals surface area contributed by atoms with E-state index in [0.717, 1.165) is 4.31 Å². The Morgan fingerprint density at radius 2 is 1.90 bits per heavy atom. The first-order chi connectivity index (χ1) is 9.25. The van der Waals surface area contributed by atoms with Crippen LogP contribution in [0.3, 0.4) is 0 Å². The first kappa shape index (κ1) is 16.6. The van der Waals surface area contributed by atoms with Crippen LogP contribution in [-0.4, -0.2) is 48.6 Å². The molecule has 0 spiro atoms. The molecule has 7 heteroatoms. The van der Waals surface area contributed by atoms with E-state index in [9.17, 15) is 13.2 Å². The summed E-state index contributed by atoms with van der Waals surface area (Å²) in [7, 11) is -3.81. The lowest BCUT2D eigenvalue weighted by Crippen LogP contribution is -2.34. The summed E-state index contributed by atoms with van der Waals surface area (Å²) in [4.78, 5) is 11.0. The first-order valence-electron chi connectivity index (χ1n) is 6.21. The Morgan fingerprint density at radius 3 is 2.35 bits per heavy atom. The number of aliphatic hydroxyl groups excluding tert-OH is 1. The van der Waals surface area contributed by atoms with Crippen LogP contribution in [0.2, 0.25) is 0 Å². The summed E-state index contributed by atoms with van der Waals surface area (Å²) in [5.74, 6) is -1.17. The highest BCUT2D eigenvalue weighted by Crippen LogP contribution is 2.24. The van der Waals surface area contributed by atoms with Crippen molar-refractivity contribution in [2.24, 2.45) is 0 Å². The number of carboxylic acid groups (broad SMARTS) is 1. The molecule has 0 aromatic heterocycles. The zero-order valence-electron chi connectivity index (χ0n) is 11.8. The summed E-state index contributed by atoms with van der Waals surface area (Å²) in [6, 6.07) is 2.61. The van der Waals surface area contributed by atoms with E-state index in [0.29, 0.717) is 11.1 Å². The molecule has 0 fully saturated rings. The van der Waals surface area contributed by atoms with Crippen molar-refractivity contribution in [1.29, 1.82) is 0 Å². The number of likely N-dealkylation sites (N-methyl/N-ethyl adjacent to an activating group) is 1. The molecule has 0 saturated heterocycles. The van der Waals surface area contributed by atoms with E-state index in [4.69, 9.17) is 10.2 Å². The highest BCUT2D eigenvalue weighted by molar-refractivity contribution is 7.89. The Morgan fingerprint density at radius 1 is 1.30 bits per heavy atom. The van der Waals surface area contributed by atoms with Crippen LogP contribution in [-0.2, 0) is 10.0 Å². The molecule has 0 aliphatic carbocycles. The summed E-state index contributed by atoms with van der Waals surface area (Å²) < 4.78 is 26.2. The first-order valence-corrected chi connectivity index (χ1v) is 7.65. The maximum Gasteiger partial charge on any atom is 0.335 e. The number of carboxylic acids is 1. The van der Waals surface area contributed by atoms with E-state index >= 15 is 0 Å². The van der Waals surface area contributed by atoms with Gasteiger partial charge < -0.3 is 10.2 Å². The highest BCUT2D eigenvalue weighted by Gasteiger charge is 2.26.